The highest BCUT2D eigenvalue weighted by Crippen LogP contribution is 2.30. The first-order valence-corrected chi connectivity index (χ1v) is 11.9. The second-order valence-electron chi connectivity index (χ2n) is 7.06. The van der Waals surface area contributed by atoms with Crippen molar-refractivity contribution in [2.75, 3.05) is 18.4 Å². The van der Waals surface area contributed by atoms with E-state index in [0.29, 0.717) is 45.7 Å². The first-order chi connectivity index (χ1) is 13.7. The van der Waals surface area contributed by atoms with Gasteiger partial charge >= 0.3 is 0 Å². The Hall–Kier alpha value is -1.31. The molecule has 0 aliphatic carbocycles. The van der Waals surface area contributed by atoms with Crippen LogP contribution in [0.15, 0.2) is 36.4 Å². The molecule has 29 heavy (non-hydrogen) atoms. The number of hydrogen-bond donors (Lipinski definition) is 1. The van der Waals surface area contributed by atoms with Crippen molar-refractivity contribution < 1.29 is 13.2 Å². The van der Waals surface area contributed by atoms with Crippen molar-refractivity contribution in [1.82, 2.24) is 4.31 Å². The molecule has 1 fully saturated rings. The van der Waals surface area contributed by atoms with Gasteiger partial charge in [0.05, 0.1) is 11.7 Å². The Morgan fingerprint density at radius 3 is 2.41 bits per heavy atom. The average Bonchev–Trinajstić information content (AvgIpc) is 2.68. The van der Waals surface area contributed by atoms with Gasteiger partial charge in [-0.25, -0.2) is 12.7 Å². The lowest BCUT2D eigenvalue weighted by atomic mass is 9.98. The third kappa shape index (κ3) is 5.25. The van der Waals surface area contributed by atoms with Crippen LogP contribution >= 0.6 is 34.8 Å². The summed E-state index contributed by atoms with van der Waals surface area (Å²) in [6, 6.07) is 10.2. The zero-order chi connectivity index (χ0) is 21.2. The topological polar surface area (TPSA) is 66.5 Å². The van der Waals surface area contributed by atoms with Crippen LogP contribution in [0.5, 0.6) is 0 Å². The minimum absolute atomic E-state index is 0.121. The fraction of sp³-hybridized carbons (Fsp3) is 0.350. The number of carbonyl (C=O) groups is 1. The van der Waals surface area contributed by atoms with Crippen LogP contribution in [0.25, 0.3) is 0 Å². The number of nitrogens with zero attached hydrogens (tertiary/aromatic N) is 1. The predicted molar refractivity (Wildman–Crippen MR) is 118 cm³/mol. The van der Waals surface area contributed by atoms with Crippen molar-refractivity contribution in [3.8, 4) is 0 Å². The Balaban J connectivity index is 1.72. The van der Waals surface area contributed by atoms with Crippen LogP contribution in [0.1, 0.15) is 24.0 Å². The summed E-state index contributed by atoms with van der Waals surface area (Å²) in [5, 5.41) is 4.05. The van der Waals surface area contributed by atoms with Gasteiger partial charge < -0.3 is 5.32 Å². The summed E-state index contributed by atoms with van der Waals surface area (Å²) in [5.74, 6) is -0.961. The molecule has 0 bridgehead atoms. The summed E-state index contributed by atoms with van der Waals surface area (Å²) in [6.07, 6.45) is 1.21. The van der Waals surface area contributed by atoms with E-state index < -0.39 is 15.9 Å². The molecule has 1 saturated heterocycles. The molecule has 0 spiro atoms. The first kappa shape index (κ1) is 22.4. The molecular formula is C20H21Cl3N2O3S. The molecule has 9 heteroatoms. The molecule has 2 aromatic rings. The highest BCUT2D eigenvalue weighted by Gasteiger charge is 2.33. The minimum Gasteiger partial charge on any atom is -0.326 e. The first-order valence-electron chi connectivity index (χ1n) is 9.15. The van der Waals surface area contributed by atoms with Crippen molar-refractivity contribution in [1.29, 1.82) is 0 Å². The van der Waals surface area contributed by atoms with Gasteiger partial charge in [0.2, 0.25) is 15.9 Å². The van der Waals surface area contributed by atoms with E-state index >= 15 is 0 Å². The largest absolute Gasteiger partial charge is 0.326 e. The van der Waals surface area contributed by atoms with Gasteiger partial charge in [-0.3, -0.25) is 4.79 Å². The number of piperidine rings is 1. The molecule has 0 radical (unpaired) electrons. The molecule has 2 aromatic carbocycles. The van der Waals surface area contributed by atoms with Crippen LogP contribution < -0.4 is 5.32 Å². The monoisotopic (exact) mass is 474 g/mol. The van der Waals surface area contributed by atoms with E-state index in [1.807, 2.05) is 6.92 Å². The van der Waals surface area contributed by atoms with E-state index in [2.05, 4.69) is 5.32 Å². The van der Waals surface area contributed by atoms with Crippen molar-refractivity contribution in [3.05, 3.63) is 62.6 Å². The normalized spacial score (nSPS) is 17.9. The zero-order valence-electron chi connectivity index (χ0n) is 15.8. The SMILES string of the molecule is Cc1c(Cl)cccc1NC(=O)C1CCCN(S(=O)(=O)Cc2c(Cl)cccc2Cl)C1. The lowest BCUT2D eigenvalue weighted by molar-refractivity contribution is -0.120. The molecular weight excluding hydrogens is 455 g/mol. The van der Waals surface area contributed by atoms with Gasteiger partial charge in [-0.05, 0) is 49.6 Å². The van der Waals surface area contributed by atoms with Crippen LogP contribution in [-0.4, -0.2) is 31.7 Å². The third-order valence-electron chi connectivity index (χ3n) is 5.06. The fourth-order valence-electron chi connectivity index (χ4n) is 3.33. The molecule has 5 nitrogen and oxygen atoms in total. The van der Waals surface area contributed by atoms with Crippen LogP contribution in [-0.2, 0) is 20.6 Å². The number of rotatable bonds is 5. The number of sulfonamides is 1. The molecule has 1 heterocycles. The van der Waals surface area contributed by atoms with Crippen LogP contribution in [0, 0.1) is 12.8 Å². The maximum atomic E-state index is 12.9. The van der Waals surface area contributed by atoms with Gasteiger partial charge in [0.15, 0.2) is 0 Å². The molecule has 3 rings (SSSR count). The van der Waals surface area contributed by atoms with E-state index in [-0.39, 0.29) is 18.2 Å². The Bertz CT molecular complexity index is 1010. The van der Waals surface area contributed by atoms with Crippen molar-refractivity contribution in [3.63, 3.8) is 0 Å². The number of anilines is 1. The zero-order valence-corrected chi connectivity index (χ0v) is 18.9. The van der Waals surface area contributed by atoms with E-state index in [1.54, 1.807) is 36.4 Å². The molecule has 1 unspecified atom stereocenters. The second-order valence-corrected chi connectivity index (χ2v) is 10.2. The summed E-state index contributed by atoms with van der Waals surface area (Å²) >= 11 is 18.4. The molecule has 1 amide bonds. The maximum absolute atomic E-state index is 12.9. The smallest absolute Gasteiger partial charge is 0.228 e. The molecule has 1 atom stereocenters. The molecule has 0 saturated carbocycles. The number of amides is 1. The summed E-state index contributed by atoms with van der Waals surface area (Å²) in [5.41, 5.74) is 1.78. The number of carbonyl (C=O) groups excluding carboxylic acids is 1. The maximum Gasteiger partial charge on any atom is 0.228 e. The van der Waals surface area contributed by atoms with Crippen LogP contribution in [0.3, 0.4) is 0 Å². The van der Waals surface area contributed by atoms with E-state index in [0.717, 1.165) is 5.56 Å². The highest BCUT2D eigenvalue weighted by atomic mass is 35.5. The number of benzene rings is 2. The Morgan fingerprint density at radius 2 is 1.72 bits per heavy atom. The summed E-state index contributed by atoms with van der Waals surface area (Å²) in [7, 11) is -3.67. The predicted octanol–water partition coefficient (Wildman–Crippen LogP) is 5.14. The van der Waals surface area contributed by atoms with Gasteiger partial charge in [-0.1, -0.05) is 46.9 Å². The van der Waals surface area contributed by atoms with Gasteiger partial charge in [0.25, 0.3) is 0 Å². The lowest BCUT2D eigenvalue weighted by Crippen LogP contribution is -2.44. The number of halogens is 3. The minimum atomic E-state index is -3.67. The molecule has 0 aromatic heterocycles. The van der Waals surface area contributed by atoms with Crippen molar-refractivity contribution >= 4 is 56.4 Å². The molecule has 1 N–H and O–H groups in total. The molecule has 156 valence electrons. The molecule has 1 aliphatic rings. The second kappa shape index (κ2) is 9.23. The number of nitrogens with one attached hydrogen (secondary N) is 1. The van der Waals surface area contributed by atoms with Gasteiger partial charge in [0.1, 0.15) is 0 Å². The van der Waals surface area contributed by atoms with Crippen molar-refractivity contribution in [2.24, 2.45) is 5.92 Å². The summed E-state index contributed by atoms with van der Waals surface area (Å²) < 4.78 is 27.2. The Morgan fingerprint density at radius 1 is 1.10 bits per heavy atom. The van der Waals surface area contributed by atoms with Crippen LogP contribution in [0.4, 0.5) is 5.69 Å². The van der Waals surface area contributed by atoms with Gasteiger partial charge in [-0.2, -0.15) is 0 Å². The lowest BCUT2D eigenvalue weighted by Gasteiger charge is -2.31. The Labute approximate surface area is 186 Å². The Kier molecular flexibility index (Phi) is 7.12. The summed E-state index contributed by atoms with van der Waals surface area (Å²) in [6.45, 7) is 2.31. The number of hydrogen-bond acceptors (Lipinski definition) is 3. The third-order valence-corrected chi connectivity index (χ3v) is 7.95. The van der Waals surface area contributed by atoms with Crippen LogP contribution in [0.2, 0.25) is 15.1 Å². The summed E-state index contributed by atoms with van der Waals surface area (Å²) in [4.78, 5) is 12.8. The van der Waals surface area contributed by atoms with Gasteiger partial charge in [-0.15, -0.1) is 0 Å². The van der Waals surface area contributed by atoms with E-state index in [1.165, 1.54) is 4.31 Å². The molecule has 1 aliphatic heterocycles. The van der Waals surface area contributed by atoms with Gasteiger partial charge in [0, 0.05) is 39.4 Å². The quantitative estimate of drug-likeness (QED) is 0.651. The standard InChI is InChI=1S/C20H21Cl3N2O3S/c1-13-16(21)6-3-9-19(13)24-20(26)14-5-4-10-25(11-14)29(27,28)12-15-17(22)7-2-8-18(15)23/h2-3,6-9,14H,4-5,10-12H2,1H3,(H,24,26). The highest BCUT2D eigenvalue weighted by molar-refractivity contribution is 7.88. The fourth-order valence-corrected chi connectivity index (χ4v) is 5.87. The average molecular weight is 476 g/mol. The van der Waals surface area contributed by atoms with E-state index in [9.17, 15) is 13.2 Å². The van der Waals surface area contributed by atoms with E-state index in [4.69, 9.17) is 34.8 Å². The van der Waals surface area contributed by atoms with Crippen molar-refractivity contribution in [2.45, 2.75) is 25.5 Å².